The molecule has 0 saturated heterocycles. The Morgan fingerprint density at radius 3 is 2.71 bits per heavy atom. The van der Waals surface area contributed by atoms with Crippen molar-refractivity contribution in [3.8, 4) is 0 Å². The maximum absolute atomic E-state index is 11.8. The number of nitrogens with zero attached hydrogens (tertiary/aromatic N) is 2. The van der Waals surface area contributed by atoms with E-state index in [-0.39, 0.29) is 12.6 Å². The number of urea groups is 1. The molecule has 1 aromatic heterocycles. The molecular formula is C15H20N4O2. The summed E-state index contributed by atoms with van der Waals surface area (Å²) in [6.07, 6.45) is -0.113. The molecule has 1 aromatic carbocycles. The highest BCUT2D eigenvalue weighted by Gasteiger charge is 2.10. The number of nitrogens with one attached hydrogen (secondary N) is 2. The zero-order valence-electron chi connectivity index (χ0n) is 12.2. The summed E-state index contributed by atoms with van der Waals surface area (Å²) in [5, 5.41) is 19.4. The third-order valence-corrected chi connectivity index (χ3v) is 3.06. The molecule has 2 rings (SSSR count). The molecule has 1 atom stereocenters. The molecule has 3 N–H and O–H groups in total. The number of aryl methyl sites for hydroxylation is 2. The van der Waals surface area contributed by atoms with E-state index in [1.165, 1.54) is 0 Å². The van der Waals surface area contributed by atoms with Crippen molar-refractivity contribution in [1.29, 1.82) is 0 Å². The third kappa shape index (κ3) is 4.61. The fraction of sp³-hybridized carbons (Fsp3) is 0.333. The van der Waals surface area contributed by atoms with Gasteiger partial charge in [0.1, 0.15) is 5.82 Å². The van der Waals surface area contributed by atoms with Crippen LogP contribution in [0, 0.1) is 6.92 Å². The Kier molecular flexibility index (Phi) is 4.94. The lowest BCUT2D eigenvalue weighted by atomic mass is 10.1. The minimum absolute atomic E-state index is 0.192. The van der Waals surface area contributed by atoms with Crippen molar-refractivity contribution < 1.29 is 9.90 Å². The number of carbonyl (C=O) groups is 1. The first-order valence-corrected chi connectivity index (χ1v) is 6.82. The van der Waals surface area contributed by atoms with Gasteiger partial charge in [-0.15, -0.1) is 0 Å². The van der Waals surface area contributed by atoms with Crippen LogP contribution >= 0.6 is 0 Å². The molecule has 0 spiro atoms. The monoisotopic (exact) mass is 288 g/mol. The van der Waals surface area contributed by atoms with Gasteiger partial charge < -0.3 is 10.4 Å². The van der Waals surface area contributed by atoms with Gasteiger partial charge in [-0.05, 0) is 12.5 Å². The lowest BCUT2D eigenvalue weighted by Gasteiger charge is -2.12. The number of carbonyl (C=O) groups excluding carboxylic acids is 1. The van der Waals surface area contributed by atoms with Crippen LogP contribution in [0.4, 0.5) is 10.6 Å². The Morgan fingerprint density at radius 1 is 1.38 bits per heavy atom. The van der Waals surface area contributed by atoms with E-state index in [0.717, 1.165) is 11.3 Å². The lowest BCUT2D eigenvalue weighted by Crippen LogP contribution is -2.36. The van der Waals surface area contributed by atoms with Crippen LogP contribution in [0.2, 0.25) is 0 Å². The van der Waals surface area contributed by atoms with E-state index in [1.54, 1.807) is 17.8 Å². The van der Waals surface area contributed by atoms with Gasteiger partial charge in [0.05, 0.1) is 11.8 Å². The first kappa shape index (κ1) is 15.1. The van der Waals surface area contributed by atoms with E-state index in [1.807, 2.05) is 37.3 Å². The SMILES string of the molecule is Cc1cc(NC(=O)NCC(O)Cc2ccccc2)n(C)n1. The Labute approximate surface area is 123 Å². The summed E-state index contributed by atoms with van der Waals surface area (Å²) in [6.45, 7) is 2.05. The normalized spacial score (nSPS) is 12.0. The molecule has 0 radical (unpaired) electrons. The number of hydrogen-bond acceptors (Lipinski definition) is 3. The number of aliphatic hydroxyl groups excluding tert-OH is 1. The van der Waals surface area contributed by atoms with E-state index in [0.29, 0.717) is 12.2 Å². The van der Waals surface area contributed by atoms with Crippen molar-refractivity contribution in [2.24, 2.45) is 7.05 Å². The molecule has 2 amide bonds. The predicted octanol–water partition coefficient (Wildman–Crippen LogP) is 1.45. The maximum Gasteiger partial charge on any atom is 0.320 e. The number of aromatic nitrogens is 2. The summed E-state index contributed by atoms with van der Waals surface area (Å²) >= 11 is 0. The number of anilines is 1. The van der Waals surface area contributed by atoms with Crippen LogP contribution in [-0.4, -0.2) is 33.6 Å². The van der Waals surface area contributed by atoms with Gasteiger partial charge in [-0.1, -0.05) is 30.3 Å². The van der Waals surface area contributed by atoms with Crippen molar-refractivity contribution >= 4 is 11.8 Å². The van der Waals surface area contributed by atoms with Gasteiger partial charge in [-0.25, -0.2) is 4.79 Å². The Hall–Kier alpha value is -2.34. The van der Waals surface area contributed by atoms with Crippen molar-refractivity contribution in [3.63, 3.8) is 0 Å². The average Bonchev–Trinajstić information content (AvgIpc) is 2.76. The minimum atomic E-state index is -0.619. The molecule has 21 heavy (non-hydrogen) atoms. The number of benzene rings is 1. The minimum Gasteiger partial charge on any atom is -0.391 e. The second kappa shape index (κ2) is 6.90. The highest BCUT2D eigenvalue weighted by atomic mass is 16.3. The summed E-state index contributed by atoms with van der Waals surface area (Å²) in [5.41, 5.74) is 1.87. The van der Waals surface area contributed by atoms with Crippen LogP contribution in [0.3, 0.4) is 0 Å². The Balaban J connectivity index is 1.77. The molecule has 6 nitrogen and oxygen atoms in total. The van der Waals surface area contributed by atoms with Gasteiger partial charge >= 0.3 is 6.03 Å². The number of aliphatic hydroxyl groups is 1. The maximum atomic E-state index is 11.8. The third-order valence-electron chi connectivity index (χ3n) is 3.06. The van der Waals surface area contributed by atoms with Gasteiger partial charge in [0, 0.05) is 26.1 Å². The van der Waals surface area contributed by atoms with Crippen LogP contribution in [-0.2, 0) is 13.5 Å². The standard InChI is InChI=1S/C15H20N4O2/c1-11-8-14(19(2)18-11)17-15(21)16-10-13(20)9-12-6-4-3-5-7-12/h3-8,13,20H,9-10H2,1-2H3,(H2,16,17,21). The number of rotatable bonds is 5. The second-order valence-corrected chi connectivity index (χ2v) is 4.97. The summed E-state index contributed by atoms with van der Waals surface area (Å²) in [6, 6.07) is 11.1. The first-order valence-electron chi connectivity index (χ1n) is 6.82. The number of amides is 2. The summed E-state index contributed by atoms with van der Waals surface area (Å²) < 4.78 is 1.59. The summed E-state index contributed by atoms with van der Waals surface area (Å²) in [7, 11) is 1.76. The van der Waals surface area contributed by atoms with Crippen molar-refractivity contribution in [1.82, 2.24) is 15.1 Å². The molecule has 0 aliphatic rings. The van der Waals surface area contributed by atoms with E-state index in [9.17, 15) is 9.90 Å². The van der Waals surface area contributed by atoms with Crippen LogP contribution in [0.5, 0.6) is 0 Å². The van der Waals surface area contributed by atoms with E-state index in [2.05, 4.69) is 15.7 Å². The molecule has 112 valence electrons. The average molecular weight is 288 g/mol. The highest BCUT2D eigenvalue weighted by molar-refractivity contribution is 5.88. The fourth-order valence-corrected chi connectivity index (χ4v) is 2.06. The first-order chi connectivity index (χ1) is 10.0. The fourth-order valence-electron chi connectivity index (χ4n) is 2.06. The van der Waals surface area contributed by atoms with E-state index >= 15 is 0 Å². The highest BCUT2D eigenvalue weighted by Crippen LogP contribution is 2.07. The van der Waals surface area contributed by atoms with Crippen LogP contribution in [0.15, 0.2) is 36.4 Å². The molecule has 0 saturated carbocycles. The Morgan fingerprint density at radius 2 is 2.10 bits per heavy atom. The van der Waals surface area contributed by atoms with Gasteiger partial charge in [0.15, 0.2) is 0 Å². The predicted molar refractivity (Wildman–Crippen MR) is 81.1 cm³/mol. The Bertz CT molecular complexity index is 595. The molecule has 0 aliphatic carbocycles. The lowest BCUT2D eigenvalue weighted by molar-refractivity contribution is 0.172. The molecule has 6 heteroatoms. The second-order valence-electron chi connectivity index (χ2n) is 4.97. The van der Waals surface area contributed by atoms with Gasteiger partial charge in [-0.2, -0.15) is 5.10 Å². The molecule has 1 heterocycles. The van der Waals surface area contributed by atoms with E-state index < -0.39 is 6.10 Å². The summed E-state index contributed by atoms with van der Waals surface area (Å²) in [5.74, 6) is 0.613. The topological polar surface area (TPSA) is 79.2 Å². The van der Waals surface area contributed by atoms with E-state index in [4.69, 9.17) is 0 Å². The largest absolute Gasteiger partial charge is 0.391 e. The van der Waals surface area contributed by atoms with Crippen LogP contribution in [0.25, 0.3) is 0 Å². The van der Waals surface area contributed by atoms with Crippen LogP contribution < -0.4 is 10.6 Å². The molecule has 2 aromatic rings. The van der Waals surface area contributed by atoms with Gasteiger partial charge in [0.25, 0.3) is 0 Å². The zero-order valence-corrected chi connectivity index (χ0v) is 12.2. The van der Waals surface area contributed by atoms with Crippen molar-refractivity contribution in [2.45, 2.75) is 19.4 Å². The van der Waals surface area contributed by atoms with Crippen molar-refractivity contribution in [2.75, 3.05) is 11.9 Å². The smallest absolute Gasteiger partial charge is 0.320 e. The number of hydrogen-bond donors (Lipinski definition) is 3. The van der Waals surface area contributed by atoms with Gasteiger partial charge in [0.2, 0.25) is 0 Å². The molecule has 0 aliphatic heterocycles. The van der Waals surface area contributed by atoms with Crippen molar-refractivity contribution in [3.05, 3.63) is 47.7 Å². The molecule has 0 bridgehead atoms. The molecule has 0 fully saturated rings. The van der Waals surface area contributed by atoms with Crippen LogP contribution in [0.1, 0.15) is 11.3 Å². The molecule has 1 unspecified atom stereocenters. The molecular weight excluding hydrogens is 268 g/mol. The quantitative estimate of drug-likeness (QED) is 0.779. The van der Waals surface area contributed by atoms with Gasteiger partial charge in [-0.3, -0.25) is 10.00 Å². The summed E-state index contributed by atoms with van der Waals surface area (Å²) in [4.78, 5) is 11.8. The zero-order chi connectivity index (χ0) is 15.2.